The molecule has 3 fully saturated rings. The van der Waals surface area contributed by atoms with Gasteiger partial charge in [0.15, 0.2) is 0 Å². The molecule has 2 atom stereocenters. The second-order valence-electron chi connectivity index (χ2n) is 11.2. The van der Waals surface area contributed by atoms with Crippen molar-refractivity contribution in [3.63, 3.8) is 0 Å². The number of piperidine rings is 2. The Morgan fingerprint density at radius 3 is 2.53 bits per heavy atom. The van der Waals surface area contributed by atoms with E-state index in [2.05, 4.69) is 42.7 Å². The lowest BCUT2D eigenvalue weighted by atomic mass is 9.51. The first-order valence-corrected chi connectivity index (χ1v) is 12.2. The van der Waals surface area contributed by atoms with Gasteiger partial charge in [-0.3, -0.25) is 4.99 Å². The van der Waals surface area contributed by atoms with Crippen LogP contribution in [0.2, 0.25) is 0 Å². The molecule has 3 heterocycles. The molecule has 2 bridgehead atoms. The van der Waals surface area contributed by atoms with Gasteiger partial charge in [0.25, 0.3) is 0 Å². The van der Waals surface area contributed by atoms with Gasteiger partial charge in [0.2, 0.25) is 0 Å². The molecule has 1 saturated carbocycles. The van der Waals surface area contributed by atoms with E-state index in [4.69, 9.17) is 4.99 Å². The van der Waals surface area contributed by atoms with Crippen molar-refractivity contribution in [3.8, 4) is 0 Å². The van der Waals surface area contributed by atoms with Crippen molar-refractivity contribution >= 4 is 17.4 Å². The van der Waals surface area contributed by atoms with Gasteiger partial charge in [-0.1, -0.05) is 26.8 Å². The van der Waals surface area contributed by atoms with E-state index in [1.807, 2.05) is 0 Å². The molecule has 0 unspecified atom stereocenters. The molecule has 4 heteroatoms. The summed E-state index contributed by atoms with van der Waals surface area (Å²) in [6, 6.07) is 5.46. The Balaban J connectivity index is 1.36. The number of amides is 2. The number of urea groups is 1. The van der Waals surface area contributed by atoms with Crippen LogP contribution in [0.1, 0.15) is 76.0 Å². The van der Waals surface area contributed by atoms with Crippen LogP contribution in [0.5, 0.6) is 0 Å². The highest BCUT2D eigenvalue weighted by Gasteiger charge is 2.57. The van der Waals surface area contributed by atoms with Crippen LogP contribution in [0.3, 0.4) is 0 Å². The lowest BCUT2D eigenvalue weighted by Crippen LogP contribution is -2.66. The van der Waals surface area contributed by atoms with Gasteiger partial charge in [0.05, 0.1) is 5.69 Å². The number of carbonyl (C=O) groups is 1. The molecule has 0 aromatic heterocycles. The minimum absolute atomic E-state index is 0.0551. The fourth-order valence-corrected chi connectivity index (χ4v) is 6.78. The van der Waals surface area contributed by atoms with Crippen molar-refractivity contribution in [2.24, 2.45) is 16.3 Å². The van der Waals surface area contributed by atoms with E-state index in [1.165, 1.54) is 47.4 Å². The summed E-state index contributed by atoms with van der Waals surface area (Å²) in [5.74, 6) is 0.748. The average Bonchev–Trinajstić information content (AvgIpc) is 3.50. The minimum Gasteiger partial charge on any atom is -0.325 e. The van der Waals surface area contributed by atoms with Gasteiger partial charge in [-0.2, -0.15) is 0 Å². The Bertz CT molecular complexity index is 938. The zero-order valence-electron chi connectivity index (χ0n) is 18.8. The summed E-state index contributed by atoms with van der Waals surface area (Å²) in [7, 11) is 0. The van der Waals surface area contributed by atoms with Crippen molar-refractivity contribution in [2.75, 3.05) is 19.6 Å². The number of rotatable bonds is 1. The van der Waals surface area contributed by atoms with Crippen LogP contribution in [0, 0.1) is 11.3 Å². The number of fused-ring (bicyclic) bond motifs is 5. The summed E-state index contributed by atoms with van der Waals surface area (Å²) in [5, 5.41) is 0. The number of hydrogen-bond acceptors (Lipinski definition) is 2. The lowest BCUT2D eigenvalue weighted by Gasteiger charge is -2.61. The van der Waals surface area contributed by atoms with Crippen LogP contribution >= 0.6 is 0 Å². The van der Waals surface area contributed by atoms with Gasteiger partial charge in [0.1, 0.15) is 0 Å². The normalized spacial score (nSPS) is 31.8. The molecule has 2 aliphatic carbocycles. The van der Waals surface area contributed by atoms with Gasteiger partial charge < -0.3 is 9.80 Å². The van der Waals surface area contributed by atoms with Crippen LogP contribution in [-0.2, 0) is 18.3 Å². The molecule has 0 N–H and O–H groups in total. The first kappa shape index (κ1) is 18.9. The molecule has 2 amide bonds. The van der Waals surface area contributed by atoms with Gasteiger partial charge in [-0.25, -0.2) is 4.79 Å². The molecule has 30 heavy (non-hydrogen) atoms. The van der Waals surface area contributed by atoms with Crippen molar-refractivity contribution in [1.82, 2.24) is 9.80 Å². The van der Waals surface area contributed by atoms with Crippen LogP contribution < -0.4 is 0 Å². The monoisotopic (exact) mass is 405 g/mol. The Hall–Kier alpha value is -1.84. The first-order chi connectivity index (χ1) is 14.4. The van der Waals surface area contributed by atoms with E-state index in [-0.39, 0.29) is 16.9 Å². The maximum absolute atomic E-state index is 13.5. The largest absolute Gasteiger partial charge is 0.325 e. The smallest absolute Gasteiger partial charge is 0.320 e. The molecular weight excluding hydrogens is 370 g/mol. The Morgan fingerprint density at radius 1 is 1.03 bits per heavy atom. The molecule has 3 aliphatic heterocycles. The zero-order chi connectivity index (χ0) is 20.7. The predicted octanol–water partition coefficient (Wildman–Crippen LogP) is 5.25. The maximum atomic E-state index is 13.5. The summed E-state index contributed by atoms with van der Waals surface area (Å²) in [6.45, 7) is 10.0. The van der Waals surface area contributed by atoms with Gasteiger partial charge >= 0.3 is 6.03 Å². The number of likely N-dealkylation sites (tertiary alicyclic amines) is 2. The summed E-state index contributed by atoms with van der Waals surface area (Å²) in [6.07, 6.45) is 9.31. The Labute approximate surface area is 180 Å². The third kappa shape index (κ3) is 2.58. The molecule has 160 valence electrons. The third-order valence-electron chi connectivity index (χ3n) is 9.35. The molecule has 6 rings (SSSR count). The van der Waals surface area contributed by atoms with E-state index in [1.54, 1.807) is 0 Å². The molecule has 0 radical (unpaired) electrons. The topological polar surface area (TPSA) is 35.9 Å². The summed E-state index contributed by atoms with van der Waals surface area (Å²) in [4.78, 5) is 22.9. The van der Waals surface area contributed by atoms with Crippen molar-refractivity contribution < 1.29 is 4.79 Å². The lowest BCUT2D eigenvalue weighted by molar-refractivity contribution is -0.0242. The second kappa shape index (κ2) is 6.34. The minimum atomic E-state index is 0.0551. The fraction of sp³-hybridized carbons (Fsp3) is 0.692. The van der Waals surface area contributed by atoms with Crippen molar-refractivity contribution in [3.05, 3.63) is 28.8 Å². The van der Waals surface area contributed by atoms with E-state index < -0.39 is 0 Å². The zero-order valence-corrected chi connectivity index (χ0v) is 18.8. The van der Waals surface area contributed by atoms with E-state index in [9.17, 15) is 4.79 Å². The van der Waals surface area contributed by atoms with Crippen LogP contribution in [0.4, 0.5) is 10.5 Å². The molecule has 1 aromatic rings. The standard InChI is InChI=1S/C26H35N3O/c1-25(2)23-15-18-13-19-14-21(17-7-8-17)27-22(19)16-20(18)26(25,3)9-12-29(23)24(30)28-10-5-4-6-11-28/h13,16-17,23H,4-12,14-15H2,1-3H3/t23-,26-/m0/s1. The highest BCUT2D eigenvalue weighted by atomic mass is 16.2. The van der Waals surface area contributed by atoms with Crippen molar-refractivity contribution in [1.29, 1.82) is 0 Å². The van der Waals surface area contributed by atoms with E-state index in [0.717, 1.165) is 57.7 Å². The SMILES string of the molecule is CC1(C)[C@@H]2Cc3cc4c(cc3[C@]1(C)CCN2C(=O)N1CCCCC1)N=C(C1CC1)C4. The van der Waals surface area contributed by atoms with Crippen LogP contribution in [-0.4, -0.2) is 47.2 Å². The third-order valence-corrected chi connectivity index (χ3v) is 9.35. The number of carbonyl (C=O) groups excluding carboxylic acids is 1. The van der Waals surface area contributed by atoms with Crippen LogP contribution in [0.15, 0.2) is 17.1 Å². The van der Waals surface area contributed by atoms with Gasteiger partial charge in [-0.15, -0.1) is 0 Å². The van der Waals surface area contributed by atoms with Gasteiger partial charge in [-0.05, 0) is 79.0 Å². The van der Waals surface area contributed by atoms with E-state index >= 15 is 0 Å². The number of nitrogens with zero attached hydrogens (tertiary/aromatic N) is 3. The van der Waals surface area contributed by atoms with Crippen LogP contribution in [0.25, 0.3) is 0 Å². The molecular formula is C26H35N3O. The average molecular weight is 406 g/mol. The highest BCUT2D eigenvalue weighted by Crippen LogP contribution is 2.57. The summed E-state index contributed by atoms with van der Waals surface area (Å²) >= 11 is 0. The Morgan fingerprint density at radius 2 is 1.80 bits per heavy atom. The Kier molecular flexibility index (Phi) is 3.99. The second-order valence-corrected chi connectivity index (χ2v) is 11.2. The maximum Gasteiger partial charge on any atom is 0.320 e. The molecule has 5 aliphatic rings. The van der Waals surface area contributed by atoms with E-state index in [0.29, 0.717) is 6.03 Å². The van der Waals surface area contributed by atoms with Gasteiger partial charge in [0, 0.05) is 43.2 Å². The highest BCUT2D eigenvalue weighted by molar-refractivity contribution is 5.97. The number of benzene rings is 1. The number of hydrogen-bond donors (Lipinski definition) is 0. The predicted molar refractivity (Wildman–Crippen MR) is 121 cm³/mol. The molecule has 4 nitrogen and oxygen atoms in total. The summed E-state index contributed by atoms with van der Waals surface area (Å²) < 4.78 is 0. The first-order valence-electron chi connectivity index (χ1n) is 12.2. The molecule has 0 spiro atoms. The quantitative estimate of drug-likeness (QED) is 0.629. The van der Waals surface area contributed by atoms with Crippen molar-refractivity contribution in [2.45, 2.75) is 83.6 Å². The molecule has 1 aromatic carbocycles. The number of aliphatic imine (C=N–C) groups is 1. The molecule has 2 saturated heterocycles. The summed E-state index contributed by atoms with van der Waals surface area (Å²) in [5.41, 5.74) is 7.21. The fourth-order valence-electron chi connectivity index (χ4n) is 6.78.